The van der Waals surface area contributed by atoms with Crippen molar-refractivity contribution < 1.29 is 9.84 Å². The Morgan fingerprint density at radius 3 is 2.32 bits per heavy atom. The Bertz CT molecular complexity index is 456. The van der Waals surface area contributed by atoms with E-state index in [2.05, 4.69) is 42.6 Å². The molecular formula is C14H23N3O2. The van der Waals surface area contributed by atoms with Gasteiger partial charge in [0.15, 0.2) is 0 Å². The zero-order valence-corrected chi connectivity index (χ0v) is 12.4. The normalized spacial score (nSPS) is 21.5. The molecule has 0 aliphatic carbocycles. The number of aryl methyl sites for hydroxylation is 1. The van der Waals surface area contributed by atoms with Crippen LogP contribution in [0.2, 0.25) is 0 Å². The van der Waals surface area contributed by atoms with Gasteiger partial charge in [-0.25, -0.2) is 9.97 Å². The van der Waals surface area contributed by atoms with Gasteiger partial charge in [0.05, 0.1) is 17.8 Å². The van der Waals surface area contributed by atoms with Crippen LogP contribution in [0.4, 0.5) is 5.95 Å². The van der Waals surface area contributed by atoms with Crippen molar-refractivity contribution in [2.24, 2.45) is 0 Å². The molecular weight excluding hydrogens is 242 g/mol. The van der Waals surface area contributed by atoms with Gasteiger partial charge in [-0.15, -0.1) is 0 Å². The summed E-state index contributed by atoms with van der Waals surface area (Å²) < 4.78 is 6.05. The fraction of sp³-hybridized carbons (Fsp3) is 0.714. The number of aliphatic hydroxyl groups excluding tert-OH is 1. The highest BCUT2D eigenvalue weighted by molar-refractivity contribution is 5.35. The number of morpholine rings is 1. The lowest BCUT2D eigenvalue weighted by Gasteiger charge is -2.47. The number of rotatable bonds is 2. The predicted octanol–water partition coefficient (Wildman–Crippen LogP) is 1.67. The molecule has 1 aliphatic rings. The van der Waals surface area contributed by atoms with Crippen molar-refractivity contribution in [1.82, 2.24) is 9.97 Å². The molecule has 1 aromatic rings. The van der Waals surface area contributed by atoms with Gasteiger partial charge in [-0.2, -0.15) is 0 Å². The Kier molecular flexibility index (Phi) is 3.53. The standard InChI is InChI=1S/C14H23N3O2/c1-10-11(7-18)6-15-12(16-10)17-8-13(2,3)19-14(4,5)9-17/h6,18H,7-9H2,1-5H3. The molecule has 106 valence electrons. The first kappa shape index (κ1) is 14.2. The smallest absolute Gasteiger partial charge is 0.225 e. The van der Waals surface area contributed by atoms with Crippen molar-refractivity contribution in [3.05, 3.63) is 17.5 Å². The van der Waals surface area contributed by atoms with Crippen LogP contribution in [-0.2, 0) is 11.3 Å². The SMILES string of the molecule is Cc1nc(N2CC(C)(C)OC(C)(C)C2)ncc1CO. The van der Waals surface area contributed by atoms with Gasteiger partial charge in [-0.1, -0.05) is 0 Å². The predicted molar refractivity (Wildman–Crippen MR) is 74.1 cm³/mol. The molecule has 2 rings (SSSR count). The van der Waals surface area contributed by atoms with Gasteiger partial charge in [0.1, 0.15) is 0 Å². The van der Waals surface area contributed by atoms with Gasteiger partial charge in [-0.3, -0.25) is 0 Å². The van der Waals surface area contributed by atoms with Crippen LogP contribution in [0.5, 0.6) is 0 Å². The zero-order valence-electron chi connectivity index (χ0n) is 12.4. The minimum atomic E-state index is -0.228. The third-order valence-corrected chi connectivity index (χ3v) is 3.22. The molecule has 0 radical (unpaired) electrons. The zero-order chi connectivity index (χ0) is 14.3. The Hall–Kier alpha value is -1.20. The lowest BCUT2D eigenvalue weighted by molar-refractivity contribution is -0.133. The van der Waals surface area contributed by atoms with Gasteiger partial charge < -0.3 is 14.7 Å². The summed E-state index contributed by atoms with van der Waals surface area (Å²) in [5.41, 5.74) is 1.15. The second-order valence-electron chi connectivity index (χ2n) is 6.42. The summed E-state index contributed by atoms with van der Waals surface area (Å²) in [5.74, 6) is 0.708. The Morgan fingerprint density at radius 2 is 1.84 bits per heavy atom. The molecule has 0 amide bonds. The molecule has 5 heteroatoms. The molecule has 5 nitrogen and oxygen atoms in total. The third kappa shape index (κ3) is 3.22. The minimum Gasteiger partial charge on any atom is -0.392 e. The molecule has 1 saturated heterocycles. The summed E-state index contributed by atoms with van der Waals surface area (Å²) in [6.45, 7) is 11.7. The van der Waals surface area contributed by atoms with E-state index in [0.717, 1.165) is 24.3 Å². The van der Waals surface area contributed by atoms with Crippen molar-refractivity contribution in [2.75, 3.05) is 18.0 Å². The van der Waals surface area contributed by atoms with E-state index < -0.39 is 0 Å². The molecule has 0 saturated carbocycles. The second kappa shape index (κ2) is 4.72. The molecule has 0 atom stereocenters. The van der Waals surface area contributed by atoms with Gasteiger partial charge in [0, 0.05) is 30.5 Å². The molecule has 1 aromatic heterocycles. The molecule has 1 fully saturated rings. The third-order valence-electron chi connectivity index (χ3n) is 3.22. The van der Waals surface area contributed by atoms with E-state index in [4.69, 9.17) is 4.74 Å². The van der Waals surface area contributed by atoms with Crippen molar-refractivity contribution >= 4 is 5.95 Å². The highest BCUT2D eigenvalue weighted by atomic mass is 16.5. The highest BCUT2D eigenvalue weighted by Crippen LogP contribution is 2.30. The molecule has 0 unspecified atom stereocenters. The second-order valence-corrected chi connectivity index (χ2v) is 6.42. The van der Waals surface area contributed by atoms with E-state index in [9.17, 15) is 5.11 Å². The van der Waals surface area contributed by atoms with Crippen LogP contribution in [0.25, 0.3) is 0 Å². The van der Waals surface area contributed by atoms with Crippen LogP contribution in [-0.4, -0.2) is 39.4 Å². The maximum atomic E-state index is 9.17. The maximum absolute atomic E-state index is 9.17. The average Bonchev–Trinajstić information content (AvgIpc) is 2.24. The number of hydrogen-bond donors (Lipinski definition) is 1. The molecule has 0 spiro atoms. The van der Waals surface area contributed by atoms with Gasteiger partial charge in [-0.05, 0) is 34.6 Å². The summed E-state index contributed by atoms with van der Waals surface area (Å²) >= 11 is 0. The number of nitrogens with zero attached hydrogens (tertiary/aromatic N) is 3. The van der Waals surface area contributed by atoms with Crippen LogP contribution in [0.3, 0.4) is 0 Å². The number of ether oxygens (including phenoxy) is 1. The number of hydrogen-bond acceptors (Lipinski definition) is 5. The number of aliphatic hydroxyl groups is 1. The van der Waals surface area contributed by atoms with Crippen molar-refractivity contribution in [3.63, 3.8) is 0 Å². The van der Waals surface area contributed by atoms with E-state index in [1.807, 2.05) is 6.92 Å². The highest BCUT2D eigenvalue weighted by Gasteiger charge is 2.39. The topological polar surface area (TPSA) is 58.5 Å². The minimum absolute atomic E-state index is 0.0216. The monoisotopic (exact) mass is 265 g/mol. The summed E-state index contributed by atoms with van der Waals surface area (Å²) in [4.78, 5) is 11.0. The van der Waals surface area contributed by atoms with Crippen molar-refractivity contribution in [3.8, 4) is 0 Å². The van der Waals surface area contributed by atoms with E-state index in [-0.39, 0.29) is 17.8 Å². The summed E-state index contributed by atoms with van der Waals surface area (Å²) in [5, 5.41) is 9.17. The van der Waals surface area contributed by atoms with E-state index in [0.29, 0.717) is 5.95 Å². The van der Waals surface area contributed by atoms with Crippen molar-refractivity contribution in [2.45, 2.75) is 52.4 Å². The maximum Gasteiger partial charge on any atom is 0.225 e. The van der Waals surface area contributed by atoms with Gasteiger partial charge >= 0.3 is 0 Å². The molecule has 1 N–H and O–H groups in total. The number of aromatic nitrogens is 2. The average molecular weight is 265 g/mol. The summed E-state index contributed by atoms with van der Waals surface area (Å²) in [6.07, 6.45) is 1.70. The largest absolute Gasteiger partial charge is 0.392 e. The van der Waals surface area contributed by atoms with E-state index in [1.54, 1.807) is 6.20 Å². The summed E-state index contributed by atoms with van der Waals surface area (Å²) in [6, 6.07) is 0. The fourth-order valence-electron chi connectivity index (χ4n) is 2.72. The van der Waals surface area contributed by atoms with Crippen LogP contribution >= 0.6 is 0 Å². The Balaban J connectivity index is 2.28. The van der Waals surface area contributed by atoms with Crippen LogP contribution in [0, 0.1) is 6.92 Å². The lowest BCUT2D eigenvalue weighted by Crippen LogP contribution is -2.57. The quantitative estimate of drug-likeness (QED) is 0.881. The van der Waals surface area contributed by atoms with Crippen LogP contribution < -0.4 is 4.90 Å². The Morgan fingerprint density at radius 1 is 1.26 bits per heavy atom. The van der Waals surface area contributed by atoms with E-state index >= 15 is 0 Å². The molecule has 0 aromatic carbocycles. The first-order chi connectivity index (χ1) is 8.72. The first-order valence-corrected chi connectivity index (χ1v) is 6.61. The molecule has 1 aliphatic heterocycles. The first-order valence-electron chi connectivity index (χ1n) is 6.61. The van der Waals surface area contributed by atoms with Crippen molar-refractivity contribution in [1.29, 1.82) is 0 Å². The van der Waals surface area contributed by atoms with Crippen LogP contribution in [0.1, 0.15) is 39.0 Å². The summed E-state index contributed by atoms with van der Waals surface area (Å²) in [7, 11) is 0. The fourth-order valence-corrected chi connectivity index (χ4v) is 2.72. The van der Waals surface area contributed by atoms with Gasteiger partial charge in [0.25, 0.3) is 0 Å². The molecule has 19 heavy (non-hydrogen) atoms. The van der Waals surface area contributed by atoms with E-state index in [1.165, 1.54) is 0 Å². The molecule has 0 bridgehead atoms. The van der Waals surface area contributed by atoms with Crippen LogP contribution in [0.15, 0.2) is 6.20 Å². The Labute approximate surface area is 114 Å². The van der Waals surface area contributed by atoms with Gasteiger partial charge in [0.2, 0.25) is 5.95 Å². The number of anilines is 1. The molecule has 2 heterocycles. The lowest BCUT2D eigenvalue weighted by atomic mass is 9.99.